The zero-order chi connectivity index (χ0) is 18.7. The van der Waals surface area contributed by atoms with E-state index in [9.17, 15) is 4.79 Å². The molecule has 0 atom stereocenters. The molecule has 0 saturated heterocycles. The van der Waals surface area contributed by atoms with Crippen molar-refractivity contribution in [3.63, 3.8) is 0 Å². The molecular formula is C19H16Cl2N2O3. The number of rotatable bonds is 5. The van der Waals surface area contributed by atoms with Gasteiger partial charge in [-0.3, -0.25) is 0 Å². The van der Waals surface area contributed by atoms with Gasteiger partial charge in [-0.1, -0.05) is 23.2 Å². The predicted octanol–water partition coefficient (Wildman–Crippen LogP) is 5.03. The van der Waals surface area contributed by atoms with Crippen molar-refractivity contribution >= 4 is 29.2 Å². The van der Waals surface area contributed by atoms with E-state index in [1.807, 2.05) is 24.3 Å². The van der Waals surface area contributed by atoms with Crippen molar-refractivity contribution in [3.05, 3.63) is 64.3 Å². The monoisotopic (exact) mass is 390 g/mol. The highest BCUT2D eigenvalue weighted by Gasteiger charge is 2.22. The zero-order valence-corrected chi connectivity index (χ0v) is 15.7. The van der Waals surface area contributed by atoms with Gasteiger partial charge >= 0.3 is 5.97 Å². The molecule has 0 aliphatic rings. The third-order valence-corrected chi connectivity index (χ3v) is 4.30. The van der Waals surface area contributed by atoms with Crippen LogP contribution in [0.1, 0.15) is 17.3 Å². The summed E-state index contributed by atoms with van der Waals surface area (Å²) in [5, 5.41) is 5.29. The van der Waals surface area contributed by atoms with Crippen LogP contribution in [0, 0.1) is 0 Å². The van der Waals surface area contributed by atoms with Gasteiger partial charge in [0.15, 0.2) is 0 Å². The van der Waals surface area contributed by atoms with Gasteiger partial charge in [-0.2, -0.15) is 5.10 Å². The molecule has 26 heavy (non-hydrogen) atoms. The quantitative estimate of drug-likeness (QED) is 0.573. The molecule has 2 aromatic carbocycles. The Balaban J connectivity index is 2.19. The van der Waals surface area contributed by atoms with Gasteiger partial charge in [-0.05, 0) is 49.4 Å². The fourth-order valence-electron chi connectivity index (χ4n) is 2.57. The molecule has 134 valence electrons. The molecule has 0 unspecified atom stereocenters. The van der Waals surface area contributed by atoms with Crippen LogP contribution in [0.3, 0.4) is 0 Å². The van der Waals surface area contributed by atoms with Gasteiger partial charge in [0.2, 0.25) is 0 Å². The van der Waals surface area contributed by atoms with Gasteiger partial charge in [-0.15, -0.1) is 0 Å². The van der Waals surface area contributed by atoms with Crippen LogP contribution in [0.4, 0.5) is 0 Å². The Kier molecular flexibility index (Phi) is 5.49. The predicted molar refractivity (Wildman–Crippen MR) is 102 cm³/mol. The molecule has 0 spiro atoms. The minimum atomic E-state index is -0.449. The fourth-order valence-corrected chi connectivity index (χ4v) is 3.06. The number of halogens is 2. The lowest BCUT2D eigenvalue weighted by molar-refractivity contribution is 0.0527. The minimum absolute atomic E-state index is 0.272. The first-order chi connectivity index (χ1) is 12.5. The molecule has 1 heterocycles. The van der Waals surface area contributed by atoms with E-state index >= 15 is 0 Å². The largest absolute Gasteiger partial charge is 0.497 e. The summed E-state index contributed by atoms with van der Waals surface area (Å²) >= 11 is 12.3. The third kappa shape index (κ3) is 3.54. The van der Waals surface area contributed by atoms with Crippen LogP contribution >= 0.6 is 23.2 Å². The molecule has 0 amide bonds. The second kappa shape index (κ2) is 7.81. The number of aromatic nitrogens is 2. The Morgan fingerprint density at radius 1 is 1.15 bits per heavy atom. The van der Waals surface area contributed by atoms with Crippen molar-refractivity contribution in [2.75, 3.05) is 13.7 Å². The summed E-state index contributed by atoms with van der Waals surface area (Å²) in [6, 6.07) is 12.4. The molecule has 0 bridgehead atoms. The van der Waals surface area contributed by atoms with Crippen LogP contribution in [-0.2, 0) is 4.74 Å². The first-order valence-electron chi connectivity index (χ1n) is 7.90. The fraction of sp³-hybridized carbons (Fsp3) is 0.158. The summed E-state index contributed by atoms with van der Waals surface area (Å²) < 4.78 is 12.0. The zero-order valence-electron chi connectivity index (χ0n) is 14.2. The summed E-state index contributed by atoms with van der Waals surface area (Å²) in [4.78, 5) is 12.4. The second-order valence-electron chi connectivity index (χ2n) is 5.36. The first-order valence-corrected chi connectivity index (χ1v) is 8.65. The maximum atomic E-state index is 12.4. The van der Waals surface area contributed by atoms with Crippen molar-refractivity contribution in [2.45, 2.75) is 6.92 Å². The Bertz CT molecular complexity index is 936. The van der Waals surface area contributed by atoms with E-state index < -0.39 is 5.97 Å². The van der Waals surface area contributed by atoms with E-state index in [1.165, 1.54) is 6.20 Å². The molecule has 0 aliphatic carbocycles. The van der Waals surface area contributed by atoms with E-state index in [0.717, 1.165) is 5.56 Å². The molecule has 0 saturated carbocycles. The number of carbonyl (C=O) groups excluding carboxylic acids is 1. The van der Waals surface area contributed by atoms with Crippen LogP contribution in [0.15, 0.2) is 48.7 Å². The van der Waals surface area contributed by atoms with Crippen LogP contribution < -0.4 is 4.74 Å². The number of esters is 1. The Labute approximate surface area is 161 Å². The minimum Gasteiger partial charge on any atom is -0.497 e. The highest BCUT2D eigenvalue weighted by atomic mass is 35.5. The number of ether oxygens (including phenoxy) is 2. The number of benzene rings is 2. The van der Waals surface area contributed by atoms with E-state index in [2.05, 4.69) is 5.10 Å². The van der Waals surface area contributed by atoms with Crippen LogP contribution in [-0.4, -0.2) is 29.5 Å². The molecule has 0 N–H and O–H groups in total. The van der Waals surface area contributed by atoms with Crippen LogP contribution in [0.25, 0.3) is 16.9 Å². The summed E-state index contributed by atoms with van der Waals surface area (Å²) in [6.45, 7) is 2.03. The lowest BCUT2D eigenvalue weighted by Gasteiger charge is -2.12. The molecule has 0 aliphatic heterocycles. The topological polar surface area (TPSA) is 53.3 Å². The average Bonchev–Trinajstić information content (AvgIpc) is 3.07. The highest BCUT2D eigenvalue weighted by Crippen LogP contribution is 2.32. The molecule has 1 aromatic heterocycles. The number of hydrogen-bond donors (Lipinski definition) is 0. The van der Waals surface area contributed by atoms with Gasteiger partial charge in [0, 0.05) is 10.6 Å². The molecular weight excluding hydrogens is 375 g/mol. The summed E-state index contributed by atoms with van der Waals surface area (Å²) in [6.07, 6.45) is 1.47. The third-order valence-electron chi connectivity index (χ3n) is 3.77. The molecule has 5 nitrogen and oxygen atoms in total. The van der Waals surface area contributed by atoms with Crippen molar-refractivity contribution in [1.29, 1.82) is 0 Å². The van der Waals surface area contributed by atoms with Gasteiger partial charge in [0.1, 0.15) is 11.3 Å². The first kappa shape index (κ1) is 18.3. The van der Waals surface area contributed by atoms with Gasteiger partial charge in [0.05, 0.1) is 36.3 Å². The van der Waals surface area contributed by atoms with Crippen molar-refractivity contribution in [2.24, 2.45) is 0 Å². The number of carbonyl (C=O) groups is 1. The van der Waals surface area contributed by atoms with E-state index in [1.54, 1.807) is 36.9 Å². The molecule has 3 aromatic rings. The van der Waals surface area contributed by atoms with Gasteiger partial charge in [0.25, 0.3) is 0 Å². The molecule has 0 radical (unpaired) electrons. The molecule has 3 rings (SSSR count). The Morgan fingerprint density at radius 3 is 2.50 bits per heavy atom. The number of hydrogen-bond acceptors (Lipinski definition) is 4. The summed E-state index contributed by atoms with van der Waals surface area (Å²) in [7, 11) is 1.59. The van der Waals surface area contributed by atoms with E-state index in [4.69, 9.17) is 32.7 Å². The van der Waals surface area contributed by atoms with Crippen LogP contribution in [0.2, 0.25) is 10.0 Å². The molecule has 7 heteroatoms. The maximum absolute atomic E-state index is 12.4. The van der Waals surface area contributed by atoms with E-state index in [0.29, 0.717) is 32.7 Å². The van der Waals surface area contributed by atoms with E-state index in [-0.39, 0.29) is 6.61 Å². The van der Waals surface area contributed by atoms with Crippen molar-refractivity contribution < 1.29 is 14.3 Å². The SMILES string of the molecule is CCOC(=O)c1cnn(-c2ccc(Cl)cc2Cl)c1-c1ccc(OC)cc1. The van der Waals surface area contributed by atoms with Crippen molar-refractivity contribution in [3.8, 4) is 22.7 Å². The summed E-state index contributed by atoms with van der Waals surface area (Å²) in [5.41, 5.74) is 2.31. The number of methoxy groups -OCH3 is 1. The highest BCUT2D eigenvalue weighted by molar-refractivity contribution is 6.35. The Hall–Kier alpha value is -2.50. The second-order valence-corrected chi connectivity index (χ2v) is 6.21. The number of nitrogens with zero attached hydrogens (tertiary/aromatic N) is 2. The van der Waals surface area contributed by atoms with Gasteiger partial charge in [-0.25, -0.2) is 9.48 Å². The smallest absolute Gasteiger partial charge is 0.342 e. The van der Waals surface area contributed by atoms with Crippen LogP contribution in [0.5, 0.6) is 5.75 Å². The molecule has 0 fully saturated rings. The normalized spacial score (nSPS) is 10.6. The van der Waals surface area contributed by atoms with Gasteiger partial charge < -0.3 is 9.47 Å². The average molecular weight is 391 g/mol. The maximum Gasteiger partial charge on any atom is 0.342 e. The van der Waals surface area contributed by atoms with Crippen molar-refractivity contribution in [1.82, 2.24) is 9.78 Å². The summed E-state index contributed by atoms with van der Waals surface area (Å²) in [5.74, 6) is 0.261. The lowest BCUT2D eigenvalue weighted by Crippen LogP contribution is -2.07. The Morgan fingerprint density at radius 2 is 1.88 bits per heavy atom. The standard InChI is InChI=1S/C19H16Cl2N2O3/c1-3-26-19(24)15-11-22-23(17-9-6-13(20)10-16(17)21)18(15)12-4-7-14(25-2)8-5-12/h4-11H,3H2,1-2H3. The lowest BCUT2D eigenvalue weighted by atomic mass is 10.1.